The fourth-order valence-electron chi connectivity index (χ4n) is 4.31. The van der Waals surface area contributed by atoms with Crippen molar-refractivity contribution in [1.29, 1.82) is 0 Å². The number of benzene rings is 1. The smallest absolute Gasteiger partial charge is 0.225 e. The second-order valence-corrected chi connectivity index (χ2v) is 8.00. The third-order valence-corrected chi connectivity index (χ3v) is 6.05. The monoisotopic (exact) mass is 396 g/mol. The second-order valence-electron chi connectivity index (χ2n) is 8.00. The van der Waals surface area contributed by atoms with Crippen molar-refractivity contribution in [2.45, 2.75) is 44.7 Å². The van der Waals surface area contributed by atoms with Crippen LogP contribution in [0.5, 0.6) is 5.75 Å². The molecule has 2 saturated heterocycles. The quantitative estimate of drug-likeness (QED) is 0.716. The molecule has 6 heteroatoms. The molecule has 2 aliphatic heterocycles. The molecule has 0 bridgehead atoms. The number of ether oxygens (including phenoxy) is 2. The van der Waals surface area contributed by atoms with Crippen LogP contribution in [0, 0.1) is 0 Å². The molecule has 0 spiro atoms. The summed E-state index contributed by atoms with van der Waals surface area (Å²) in [7, 11) is 1.71. The van der Waals surface area contributed by atoms with Gasteiger partial charge in [0, 0.05) is 43.6 Å². The fourth-order valence-corrected chi connectivity index (χ4v) is 4.31. The van der Waals surface area contributed by atoms with E-state index in [0.29, 0.717) is 6.04 Å². The molecule has 0 amide bonds. The number of rotatable bonds is 7. The van der Waals surface area contributed by atoms with Crippen molar-refractivity contribution in [3.63, 3.8) is 0 Å². The number of aromatic nitrogens is 2. The lowest BCUT2D eigenvalue weighted by Gasteiger charge is -2.36. The number of nitrogens with zero attached hydrogens (tertiary/aromatic N) is 4. The molecule has 3 heterocycles. The van der Waals surface area contributed by atoms with Gasteiger partial charge in [-0.15, -0.1) is 0 Å². The van der Waals surface area contributed by atoms with Crippen LogP contribution in [0.2, 0.25) is 0 Å². The van der Waals surface area contributed by atoms with Crippen LogP contribution in [0.3, 0.4) is 0 Å². The SMILES string of the molecule is COc1ccc(CCC2CCCCN2Cc2cnc(N3CCOCC3)nc2)cc1. The van der Waals surface area contributed by atoms with Gasteiger partial charge in [-0.05, 0) is 49.9 Å². The van der Waals surface area contributed by atoms with E-state index < -0.39 is 0 Å². The van der Waals surface area contributed by atoms with E-state index in [9.17, 15) is 0 Å². The molecule has 6 nitrogen and oxygen atoms in total. The summed E-state index contributed by atoms with van der Waals surface area (Å²) in [6.45, 7) is 5.37. The molecule has 0 radical (unpaired) electrons. The third-order valence-electron chi connectivity index (χ3n) is 6.05. The number of morpholine rings is 1. The molecule has 2 aliphatic rings. The van der Waals surface area contributed by atoms with Gasteiger partial charge < -0.3 is 14.4 Å². The Morgan fingerprint density at radius 3 is 2.48 bits per heavy atom. The Hall–Kier alpha value is -2.18. The van der Waals surface area contributed by atoms with Crippen LogP contribution in [0.25, 0.3) is 0 Å². The molecule has 156 valence electrons. The first-order valence-corrected chi connectivity index (χ1v) is 10.8. The molecule has 2 fully saturated rings. The Balaban J connectivity index is 1.33. The summed E-state index contributed by atoms with van der Waals surface area (Å²) in [5.74, 6) is 1.75. The van der Waals surface area contributed by atoms with E-state index in [1.807, 2.05) is 12.4 Å². The number of aryl methyl sites for hydroxylation is 1. The fraction of sp³-hybridized carbons (Fsp3) is 0.565. The first kappa shape index (κ1) is 20.1. The average molecular weight is 397 g/mol. The van der Waals surface area contributed by atoms with E-state index in [-0.39, 0.29) is 0 Å². The topological polar surface area (TPSA) is 50.7 Å². The van der Waals surface area contributed by atoms with Gasteiger partial charge in [-0.3, -0.25) is 4.90 Å². The molecule has 0 saturated carbocycles. The van der Waals surface area contributed by atoms with E-state index in [2.05, 4.69) is 44.0 Å². The molecule has 1 aromatic carbocycles. The highest BCUT2D eigenvalue weighted by Gasteiger charge is 2.22. The van der Waals surface area contributed by atoms with Crippen LogP contribution in [0.1, 0.15) is 36.8 Å². The van der Waals surface area contributed by atoms with Crippen LogP contribution in [0.15, 0.2) is 36.7 Å². The van der Waals surface area contributed by atoms with Crippen molar-refractivity contribution in [3.05, 3.63) is 47.8 Å². The molecular weight excluding hydrogens is 364 g/mol. The summed E-state index contributed by atoms with van der Waals surface area (Å²) in [6, 6.07) is 9.11. The first-order valence-electron chi connectivity index (χ1n) is 10.8. The van der Waals surface area contributed by atoms with Crippen molar-refractivity contribution >= 4 is 5.95 Å². The molecular formula is C23H32N4O2. The molecule has 0 aliphatic carbocycles. The van der Waals surface area contributed by atoms with Gasteiger partial charge in [-0.2, -0.15) is 0 Å². The lowest BCUT2D eigenvalue weighted by atomic mass is 9.95. The largest absolute Gasteiger partial charge is 0.497 e. The van der Waals surface area contributed by atoms with Crippen LogP contribution in [-0.2, 0) is 17.7 Å². The Morgan fingerprint density at radius 2 is 1.76 bits per heavy atom. The van der Waals surface area contributed by atoms with Crippen molar-refractivity contribution in [3.8, 4) is 5.75 Å². The zero-order valence-corrected chi connectivity index (χ0v) is 17.4. The molecule has 1 unspecified atom stereocenters. The van der Waals surface area contributed by atoms with Gasteiger partial charge in [0.2, 0.25) is 5.95 Å². The van der Waals surface area contributed by atoms with Gasteiger partial charge in [0.1, 0.15) is 5.75 Å². The zero-order chi connectivity index (χ0) is 19.9. The Kier molecular flexibility index (Phi) is 6.96. The van der Waals surface area contributed by atoms with Crippen molar-refractivity contribution in [2.75, 3.05) is 44.9 Å². The normalized spacial score (nSPS) is 20.6. The summed E-state index contributed by atoms with van der Waals surface area (Å²) in [6.07, 6.45) is 10.2. The Morgan fingerprint density at radius 1 is 1.00 bits per heavy atom. The van der Waals surface area contributed by atoms with E-state index >= 15 is 0 Å². The molecule has 4 rings (SSSR count). The second kappa shape index (κ2) is 10.0. The molecule has 0 N–H and O–H groups in total. The van der Waals surface area contributed by atoms with Gasteiger partial charge in [-0.25, -0.2) is 9.97 Å². The predicted octanol–water partition coefficient (Wildman–Crippen LogP) is 3.31. The summed E-state index contributed by atoms with van der Waals surface area (Å²) in [5.41, 5.74) is 2.59. The van der Waals surface area contributed by atoms with Crippen LogP contribution >= 0.6 is 0 Å². The Bertz CT molecular complexity index is 744. The van der Waals surface area contributed by atoms with Crippen LogP contribution in [0.4, 0.5) is 5.95 Å². The summed E-state index contributed by atoms with van der Waals surface area (Å²) in [4.78, 5) is 14.1. The van der Waals surface area contributed by atoms with Gasteiger partial charge in [0.05, 0.1) is 20.3 Å². The van der Waals surface area contributed by atoms with Crippen LogP contribution in [-0.4, -0.2) is 60.9 Å². The number of hydrogen-bond donors (Lipinski definition) is 0. The number of anilines is 1. The highest BCUT2D eigenvalue weighted by atomic mass is 16.5. The zero-order valence-electron chi connectivity index (χ0n) is 17.4. The van der Waals surface area contributed by atoms with Gasteiger partial charge in [0.15, 0.2) is 0 Å². The maximum Gasteiger partial charge on any atom is 0.225 e. The van der Waals surface area contributed by atoms with Gasteiger partial charge >= 0.3 is 0 Å². The number of methoxy groups -OCH3 is 1. The lowest BCUT2D eigenvalue weighted by Crippen LogP contribution is -2.39. The summed E-state index contributed by atoms with van der Waals surface area (Å²) in [5, 5.41) is 0. The minimum Gasteiger partial charge on any atom is -0.497 e. The molecule has 29 heavy (non-hydrogen) atoms. The number of piperidine rings is 1. The van der Waals surface area contributed by atoms with Crippen LogP contribution < -0.4 is 9.64 Å². The van der Waals surface area contributed by atoms with E-state index in [0.717, 1.165) is 51.0 Å². The Labute approximate surface area is 173 Å². The number of hydrogen-bond acceptors (Lipinski definition) is 6. The standard InChI is InChI=1S/C23H32N4O2/c1-28-22-9-6-19(7-10-22)5-8-21-4-2-3-11-27(21)18-20-16-24-23(25-17-20)26-12-14-29-15-13-26/h6-7,9-10,16-17,21H,2-5,8,11-15,18H2,1H3. The third kappa shape index (κ3) is 5.46. The molecule has 1 aromatic heterocycles. The highest BCUT2D eigenvalue weighted by Crippen LogP contribution is 2.24. The first-order chi connectivity index (χ1) is 14.3. The number of likely N-dealkylation sites (tertiary alicyclic amines) is 1. The highest BCUT2D eigenvalue weighted by molar-refractivity contribution is 5.30. The summed E-state index contributed by atoms with van der Waals surface area (Å²) < 4.78 is 10.7. The minimum atomic E-state index is 0.629. The van der Waals surface area contributed by atoms with Crippen molar-refractivity contribution < 1.29 is 9.47 Å². The summed E-state index contributed by atoms with van der Waals surface area (Å²) >= 11 is 0. The van der Waals surface area contributed by atoms with Crippen molar-refractivity contribution in [1.82, 2.24) is 14.9 Å². The maximum atomic E-state index is 5.41. The molecule has 2 aromatic rings. The molecule has 1 atom stereocenters. The average Bonchev–Trinajstić information content (AvgIpc) is 2.80. The predicted molar refractivity (Wildman–Crippen MR) is 114 cm³/mol. The van der Waals surface area contributed by atoms with Gasteiger partial charge in [0.25, 0.3) is 0 Å². The maximum absolute atomic E-state index is 5.41. The minimum absolute atomic E-state index is 0.629. The van der Waals surface area contributed by atoms with E-state index in [1.165, 1.54) is 43.4 Å². The van der Waals surface area contributed by atoms with E-state index in [1.54, 1.807) is 7.11 Å². The van der Waals surface area contributed by atoms with Gasteiger partial charge in [-0.1, -0.05) is 18.6 Å². The van der Waals surface area contributed by atoms with Crippen molar-refractivity contribution in [2.24, 2.45) is 0 Å². The lowest BCUT2D eigenvalue weighted by molar-refractivity contribution is 0.122. The van der Waals surface area contributed by atoms with E-state index in [4.69, 9.17) is 9.47 Å².